The van der Waals surface area contributed by atoms with E-state index in [2.05, 4.69) is 47.5 Å². The van der Waals surface area contributed by atoms with Crippen molar-refractivity contribution in [1.82, 2.24) is 10.2 Å². The first-order valence-corrected chi connectivity index (χ1v) is 6.85. The van der Waals surface area contributed by atoms with Crippen molar-refractivity contribution in [2.75, 3.05) is 19.6 Å². The summed E-state index contributed by atoms with van der Waals surface area (Å²) in [6.07, 6.45) is 4.17. The van der Waals surface area contributed by atoms with E-state index in [-0.39, 0.29) is 0 Å². The van der Waals surface area contributed by atoms with Gasteiger partial charge in [0, 0.05) is 19.1 Å². The van der Waals surface area contributed by atoms with Crippen LogP contribution in [0.1, 0.15) is 31.7 Å². The zero-order valence-corrected chi connectivity index (χ0v) is 10.9. The second-order valence-electron chi connectivity index (χ2n) is 5.06. The number of benzene rings is 1. The van der Waals surface area contributed by atoms with Gasteiger partial charge in [-0.15, -0.1) is 0 Å². The topological polar surface area (TPSA) is 15.3 Å². The standard InChI is InChI=1S/C15H24N2/c1-14(17-10-6-3-7-11-17)12-16-13-15-8-4-2-5-9-15/h2,4-5,8-9,14,16H,3,6-7,10-13H2,1H3/t14-/m1/s1. The zero-order valence-electron chi connectivity index (χ0n) is 10.9. The molecule has 1 aliphatic heterocycles. The second kappa shape index (κ2) is 6.77. The molecule has 1 heterocycles. The predicted molar refractivity (Wildman–Crippen MR) is 73.0 cm³/mol. The first kappa shape index (κ1) is 12.6. The van der Waals surface area contributed by atoms with E-state index in [0.29, 0.717) is 6.04 Å². The van der Waals surface area contributed by atoms with E-state index in [1.165, 1.54) is 37.9 Å². The van der Waals surface area contributed by atoms with Crippen molar-refractivity contribution in [1.29, 1.82) is 0 Å². The molecule has 0 saturated carbocycles. The summed E-state index contributed by atoms with van der Waals surface area (Å²) in [7, 11) is 0. The van der Waals surface area contributed by atoms with Crippen LogP contribution in [-0.4, -0.2) is 30.6 Å². The van der Waals surface area contributed by atoms with E-state index in [1.807, 2.05) is 0 Å². The molecular formula is C15H24N2. The molecule has 0 aliphatic carbocycles. The van der Waals surface area contributed by atoms with E-state index < -0.39 is 0 Å². The summed E-state index contributed by atoms with van der Waals surface area (Å²) in [5, 5.41) is 3.56. The number of nitrogens with zero attached hydrogens (tertiary/aromatic N) is 1. The van der Waals surface area contributed by atoms with Gasteiger partial charge in [-0.1, -0.05) is 36.8 Å². The number of hydrogen-bond donors (Lipinski definition) is 1. The monoisotopic (exact) mass is 232 g/mol. The SMILES string of the molecule is C[C@H](CNCc1ccccc1)N1CCCCC1. The van der Waals surface area contributed by atoms with Gasteiger partial charge in [-0.25, -0.2) is 0 Å². The molecule has 1 saturated heterocycles. The molecule has 2 nitrogen and oxygen atoms in total. The highest BCUT2D eigenvalue weighted by atomic mass is 15.2. The van der Waals surface area contributed by atoms with Crippen LogP contribution in [0.15, 0.2) is 30.3 Å². The maximum Gasteiger partial charge on any atom is 0.0206 e. The van der Waals surface area contributed by atoms with Crippen LogP contribution in [0.2, 0.25) is 0 Å². The Bertz CT molecular complexity index is 304. The Hall–Kier alpha value is -0.860. The fourth-order valence-electron chi connectivity index (χ4n) is 2.51. The van der Waals surface area contributed by atoms with Gasteiger partial charge in [0.25, 0.3) is 0 Å². The highest BCUT2D eigenvalue weighted by molar-refractivity contribution is 5.14. The van der Waals surface area contributed by atoms with Crippen LogP contribution in [0.4, 0.5) is 0 Å². The van der Waals surface area contributed by atoms with E-state index in [9.17, 15) is 0 Å². The molecule has 0 spiro atoms. The Morgan fingerprint density at radius 1 is 1.12 bits per heavy atom. The number of piperidine rings is 1. The lowest BCUT2D eigenvalue weighted by Gasteiger charge is -2.32. The summed E-state index contributed by atoms with van der Waals surface area (Å²) in [6.45, 7) is 6.99. The molecule has 2 heteroatoms. The fourth-order valence-corrected chi connectivity index (χ4v) is 2.51. The van der Waals surface area contributed by atoms with Gasteiger partial charge in [0.15, 0.2) is 0 Å². The maximum atomic E-state index is 3.56. The third-order valence-corrected chi connectivity index (χ3v) is 3.63. The van der Waals surface area contributed by atoms with Crippen LogP contribution in [0.3, 0.4) is 0 Å². The minimum atomic E-state index is 0.666. The van der Waals surface area contributed by atoms with Gasteiger partial charge in [0.05, 0.1) is 0 Å². The van der Waals surface area contributed by atoms with E-state index in [1.54, 1.807) is 0 Å². The number of nitrogens with one attached hydrogen (secondary N) is 1. The lowest BCUT2D eigenvalue weighted by atomic mass is 10.1. The molecule has 0 unspecified atom stereocenters. The molecular weight excluding hydrogens is 208 g/mol. The molecule has 1 fully saturated rings. The lowest BCUT2D eigenvalue weighted by Crippen LogP contribution is -2.42. The van der Waals surface area contributed by atoms with Crippen LogP contribution in [0.5, 0.6) is 0 Å². The van der Waals surface area contributed by atoms with Crippen molar-refractivity contribution in [2.24, 2.45) is 0 Å². The van der Waals surface area contributed by atoms with Gasteiger partial charge in [0.2, 0.25) is 0 Å². The van der Waals surface area contributed by atoms with Gasteiger partial charge >= 0.3 is 0 Å². The average molecular weight is 232 g/mol. The molecule has 0 amide bonds. The first-order valence-electron chi connectivity index (χ1n) is 6.85. The average Bonchev–Trinajstić information content (AvgIpc) is 2.41. The number of likely N-dealkylation sites (tertiary alicyclic amines) is 1. The van der Waals surface area contributed by atoms with Gasteiger partial charge in [-0.3, -0.25) is 4.90 Å². The Morgan fingerprint density at radius 3 is 2.53 bits per heavy atom. The van der Waals surface area contributed by atoms with Crippen LogP contribution >= 0.6 is 0 Å². The lowest BCUT2D eigenvalue weighted by molar-refractivity contribution is 0.170. The van der Waals surface area contributed by atoms with E-state index in [4.69, 9.17) is 0 Å². The molecule has 1 atom stereocenters. The van der Waals surface area contributed by atoms with Crippen LogP contribution in [0.25, 0.3) is 0 Å². The molecule has 94 valence electrons. The third-order valence-electron chi connectivity index (χ3n) is 3.63. The largest absolute Gasteiger partial charge is 0.311 e. The van der Waals surface area contributed by atoms with Crippen molar-refractivity contribution >= 4 is 0 Å². The molecule has 0 bridgehead atoms. The Balaban J connectivity index is 1.67. The fraction of sp³-hybridized carbons (Fsp3) is 0.600. The van der Waals surface area contributed by atoms with Crippen molar-refractivity contribution in [3.63, 3.8) is 0 Å². The molecule has 1 N–H and O–H groups in total. The third kappa shape index (κ3) is 4.14. The number of rotatable bonds is 5. The maximum absolute atomic E-state index is 3.56. The van der Waals surface area contributed by atoms with Crippen molar-refractivity contribution < 1.29 is 0 Å². The molecule has 1 aromatic carbocycles. The van der Waals surface area contributed by atoms with Gasteiger partial charge in [-0.05, 0) is 38.4 Å². The summed E-state index contributed by atoms with van der Waals surface area (Å²) >= 11 is 0. The molecule has 2 rings (SSSR count). The summed E-state index contributed by atoms with van der Waals surface area (Å²) in [5.74, 6) is 0. The summed E-state index contributed by atoms with van der Waals surface area (Å²) in [5.41, 5.74) is 1.37. The summed E-state index contributed by atoms with van der Waals surface area (Å²) < 4.78 is 0. The van der Waals surface area contributed by atoms with Gasteiger partial charge in [0.1, 0.15) is 0 Å². The minimum absolute atomic E-state index is 0.666. The molecule has 0 aromatic heterocycles. The van der Waals surface area contributed by atoms with Gasteiger partial charge < -0.3 is 5.32 Å². The highest BCUT2D eigenvalue weighted by Gasteiger charge is 2.15. The van der Waals surface area contributed by atoms with Crippen LogP contribution < -0.4 is 5.32 Å². The molecule has 1 aromatic rings. The minimum Gasteiger partial charge on any atom is -0.311 e. The Morgan fingerprint density at radius 2 is 1.82 bits per heavy atom. The number of hydrogen-bond acceptors (Lipinski definition) is 2. The molecule has 1 aliphatic rings. The van der Waals surface area contributed by atoms with Crippen molar-refractivity contribution in [3.8, 4) is 0 Å². The molecule has 0 radical (unpaired) electrons. The summed E-state index contributed by atoms with van der Waals surface area (Å²) in [6, 6.07) is 11.3. The van der Waals surface area contributed by atoms with E-state index in [0.717, 1.165) is 13.1 Å². The smallest absolute Gasteiger partial charge is 0.0206 e. The predicted octanol–water partition coefficient (Wildman–Crippen LogP) is 2.65. The molecule has 17 heavy (non-hydrogen) atoms. The normalized spacial score (nSPS) is 19.1. The first-order chi connectivity index (χ1) is 8.36. The van der Waals surface area contributed by atoms with Gasteiger partial charge in [-0.2, -0.15) is 0 Å². The second-order valence-corrected chi connectivity index (χ2v) is 5.06. The quantitative estimate of drug-likeness (QED) is 0.839. The van der Waals surface area contributed by atoms with Crippen molar-refractivity contribution in [3.05, 3.63) is 35.9 Å². The Kier molecular flexibility index (Phi) is 5.02. The summed E-state index contributed by atoms with van der Waals surface area (Å²) in [4.78, 5) is 2.61. The zero-order chi connectivity index (χ0) is 11.9. The van der Waals surface area contributed by atoms with Crippen molar-refractivity contribution in [2.45, 2.75) is 38.8 Å². The Labute approximate surface area is 105 Å². The highest BCUT2D eigenvalue weighted by Crippen LogP contribution is 2.11. The van der Waals surface area contributed by atoms with Crippen LogP contribution in [-0.2, 0) is 6.54 Å². The van der Waals surface area contributed by atoms with Crippen LogP contribution in [0, 0.1) is 0 Å². The van der Waals surface area contributed by atoms with E-state index >= 15 is 0 Å².